The van der Waals surface area contributed by atoms with Gasteiger partial charge in [-0.05, 0) is 47.2 Å². The number of aryl methyl sites for hydroxylation is 1. The van der Waals surface area contributed by atoms with Crippen LogP contribution in [0, 0.1) is 10.5 Å². The average molecular weight is 264 g/mol. The van der Waals surface area contributed by atoms with Crippen LogP contribution >= 0.6 is 22.6 Å². The van der Waals surface area contributed by atoms with E-state index in [9.17, 15) is 0 Å². The second-order valence-electron chi connectivity index (χ2n) is 1.93. The molecule has 2 heteroatoms. The van der Waals surface area contributed by atoms with Crippen LogP contribution in [0.1, 0.15) is 19.4 Å². The Kier molecular flexibility index (Phi) is 5.28. The molecule has 0 bridgehead atoms. The van der Waals surface area contributed by atoms with Crippen LogP contribution in [0.15, 0.2) is 18.2 Å². The Morgan fingerprint density at radius 3 is 2.18 bits per heavy atom. The maximum atomic E-state index is 9.10. The minimum Gasteiger partial charge on any atom is -0.508 e. The van der Waals surface area contributed by atoms with Gasteiger partial charge in [0.2, 0.25) is 0 Å². The van der Waals surface area contributed by atoms with Crippen LogP contribution in [0.2, 0.25) is 0 Å². The molecule has 62 valence electrons. The van der Waals surface area contributed by atoms with Crippen molar-refractivity contribution < 1.29 is 5.11 Å². The van der Waals surface area contributed by atoms with E-state index in [1.807, 2.05) is 32.9 Å². The number of hydrogen-bond donors (Lipinski definition) is 1. The lowest BCUT2D eigenvalue weighted by Gasteiger charge is -1.96. The number of phenols is 1. The van der Waals surface area contributed by atoms with Crippen LogP contribution in [0.4, 0.5) is 0 Å². The molecule has 0 radical (unpaired) electrons. The molecule has 11 heavy (non-hydrogen) atoms. The summed E-state index contributed by atoms with van der Waals surface area (Å²) >= 11 is 2.16. The van der Waals surface area contributed by atoms with Gasteiger partial charge in [-0.25, -0.2) is 0 Å². The summed E-state index contributed by atoms with van der Waals surface area (Å²) in [7, 11) is 0. The first-order valence-electron chi connectivity index (χ1n) is 3.65. The van der Waals surface area contributed by atoms with Gasteiger partial charge in [0.05, 0.1) is 0 Å². The normalized spacial score (nSPS) is 8.36. The van der Waals surface area contributed by atoms with Crippen LogP contribution < -0.4 is 0 Å². The molecule has 1 N–H and O–H groups in total. The molecule has 0 aliphatic heterocycles. The average Bonchev–Trinajstić information content (AvgIpc) is 2.02. The minimum atomic E-state index is 0.377. The molecule has 1 aromatic carbocycles. The Balaban J connectivity index is 0.000000461. The zero-order valence-electron chi connectivity index (χ0n) is 7.06. The molecule has 0 unspecified atom stereocenters. The molecular formula is C9H13IO. The summed E-state index contributed by atoms with van der Waals surface area (Å²) in [6.45, 7) is 5.88. The maximum absolute atomic E-state index is 9.10. The molecule has 1 nitrogen and oxygen atoms in total. The van der Waals surface area contributed by atoms with Crippen molar-refractivity contribution in [3.8, 4) is 5.75 Å². The van der Waals surface area contributed by atoms with E-state index in [0.717, 1.165) is 9.13 Å². The molecule has 0 aliphatic rings. The first-order valence-corrected chi connectivity index (χ1v) is 4.73. The van der Waals surface area contributed by atoms with Crippen molar-refractivity contribution in [1.29, 1.82) is 0 Å². The fraction of sp³-hybridized carbons (Fsp3) is 0.333. The molecule has 0 amide bonds. The number of aromatic hydroxyl groups is 1. The standard InChI is InChI=1S/C7H7IO.C2H6/c1-5-2-3-6(8)4-7(5)9;1-2/h2-4,9H,1H3;1-2H3. The third-order valence-corrected chi connectivity index (χ3v) is 1.84. The predicted octanol–water partition coefficient (Wildman–Crippen LogP) is 3.33. The third-order valence-electron chi connectivity index (χ3n) is 1.17. The smallest absolute Gasteiger partial charge is 0.119 e. The predicted molar refractivity (Wildman–Crippen MR) is 56.9 cm³/mol. The van der Waals surface area contributed by atoms with Crippen molar-refractivity contribution >= 4 is 22.6 Å². The zero-order chi connectivity index (χ0) is 8.85. The first-order chi connectivity index (χ1) is 5.20. The lowest BCUT2D eigenvalue weighted by Crippen LogP contribution is -1.74. The fourth-order valence-corrected chi connectivity index (χ4v) is 1.06. The summed E-state index contributed by atoms with van der Waals surface area (Å²) in [4.78, 5) is 0. The SMILES string of the molecule is CC.Cc1ccc(I)cc1O. The summed E-state index contributed by atoms with van der Waals surface area (Å²) in [5, 5.41) is 9.10. The van der Waals surface area contributed by atoms with Crippen LogP contribution in [0.25, 0.3) is 0 Å². The Bertz CT molecular complexity index is 221. The van der Waals surface area contributed by atoms with Gasteiger partial charge in [-0.1, -0.05) is 19.9 Å². The van der Waals surface area contributed by atoms with Crippen molar-refractivity contribution in [2.75, 3.05) is 0 Å². The highest BCUT2D eigenvalue weighted by Crippen LogP contribution is 2.17. The summed E-state index contributed by atoms with van der Waals surface area (Å²) < 4.78 is 1.07. The lowest BCUT2D eigenvalue weighted by atomic mass is 10.2. The molecule has 0 saturated heterocycles. The molecule has 0 aliphatic carbocycles. The zero-order valence-corrected chi connectivity index (χ0v) is 9.21. The lowest BCUT2D eigenvalue weighted by molar-refractivity contribution is 0.470. The van der Waals surface area contributed by atoms with Crippen LogP contribution in [-0.4, -0.2) is 5.11 Å². The quantitative estimate of drug-likeness (QED) is 0.712. The van der Waals surface area contributed by atoms with Gasteiger partial charge in [0.1, 0.15) is 5.75 Å². The second-order valence-corrected chi connectivity index (χ2v) is 3.18. The number of benzene rings is 1. The molecule has 0 fully saturated rings. The van der Waals surface area contributed by atoms with Crippen molar-refractivity contribution in [3.63, 3.8) is 0 Å². The number of halogens is 1. The van der Waals surface area contributed by atoms with Gasteiger partial charge in [-0.3, -0.25) is 0 Å². The molecule has 1 aromatic rings. The summed E-state index contributed by atoms with van der Waals surface area (Å²) in [6.07, 6.45) is 0. The molecule has 0 spiro atoms. The molecule has 0 aromatic heterocycles. The van der Waals surface area contributed by atoms with E-state index >= 15 is 0 Å². The monoisotopic (exact) mass is 264 g/mol. The molecule has 1 rings (SSSR count). The minimum absolute atomic E-state index is 0.377. The molecule has 0 atom stereocenters. The van der Waals surface area contributed by atoms with Gasteiger partial charge in [0.25, 0.3) is 0 Å². The van der Waals surface area contributed by atoms with E-state index in [1.165, 1.54) is 0 Å². The molecule has 0 heterocycles. The highest BCUT2D eigenvalue weighted by Gasteiger charge is 1.92. The summed E-state index contributed by atoms with van der Waals surface area (Å²) in [5.74, 6) is 0.377. The Morgan fingerprint density at radius 2 is 1.82 bits per heavy atom. The highest BCUT2D eigenvalue weighted by atomic mass is 127. The summed E-state index contributed by atoms with van der Waals surface area (Å²) in [5.41, 5.74) is 0.926. The van der Waals surface area contributed by atoms with Gasteiger partial charge < -0.3 is 5.11 Å². The fourth-order valence-electron chi connectivity index (χ4n) is 0.583. The Labute approximate surface area is 81.6 Å². The van der Waals surface area contributed by atoms with Crippen molar-refractivity contribution in [2.45, 2.75) is 20.8 Å². The topological polar surface area (TPSA) is 20.2 Å². The maximum Gasteiger partial charge on any atom is 0.119 e. The van der Waals surface area contributed by atoms with Gasteiger partial charge in [0, 0.05) is 3.57 Å². The van der Waals surface area contributed by atoms with E-state index < -0.39 is 0 Å². The van der Waals surface area contributed by atoms with E-state index in [-0.39, 0.29) is 0 Å². The van der Waals surface area contributed by atoms with Gasteiger partial charge in [-0.15, -0.1) is 0 Å². The number of rotatable bonds is 0. The molecule has 0 saturated carbocycles. The van der Waals surface area contributed by atoms with Crippen LogP contribution in [-0.2, 0) is 0 Å². The van der Waals surface area contributed by atoms with Gasteiger partial charge in [-0.2, -0.15) is 0 Å². The van der Waals surface area contributed by atoms with Crippen LogP contribution in [0.5, 0.6) is 5.75 Å². The Morgan fingerprint density at radius 1 is 1.27 bits per heavy atom. The van der Waals surface area contributed by atoms with E-state index in [1.54, 1.807) is 6.07 Å². The Hall–Kier alpha value is -0.250. The van der Waals surface area contributed by atoms with Crippen LogP contribution in [0.3, 0.4) is 0 Å². The summed E-state index contributed by atoms with van der Waals surface area (Å²) in [6, 6.07) is 5.61. The highest BCUT2D eigenvalue weighted by molar-refractivity contribution is 14.1. The van der Waals surface area contributed by atoms with Crippen molar-refractivity contribution in [3.05, 3.63) is 27.3 Å². The van der Waals surface area contributed by atoms with Crippen molar-refractivity contribution in [1.82, 2.24) is 0 Å². The van der Waals surface area contributed by atoms with E-state index in [2.05, 4.69) is 22.6 Å². The first kappa shape index (κ1) is 10.8. The van der Waals surface area contributed by atoms with E-state index in [4.69, 9.17) is 5.11 Å². The van der Waals surface area contributed by atoms with E-state index in [0.29, 0.717) is 5.75 Å². The van der Waals surface area contributed by atoms with Gasteiger partial charge >= 0.3 is 0 Å². The molecular weight excluding hydrogens is 251 g/mol. The number of phenolic OH excluding ortho intramolecular Hbond substituents is 1. The van der Waals surface area contributed by atoms with Gasteiger partial charge in [0.15, 0.2) is 0 Å². The third kappa shape index (κ3) is 3.60. The van der Waals surface area contributed by atoms with Crippen molar-refractivity contribution in [2.24, 2.45) is 0 Å². The largest absolute Gasteiger partial charge is 0.508 e. The second kappa shape index (κ2) is 5.41. The number of hydrogen-bond acceptors (Lipinski definition) is 1.